The molecule has 0 heterocycles. The summed E-state index contributed by atoms with van der Waals surface area (Å²) >= 11 is 0. The molecule has 0 aromatic carbocycles. The Labute approximate surface area is 121 Å². The van der Waals surface area contributed by atoms with Crippen molar-refractivity contribution in [3.63, 3.8) is 0 Å². The minimum atomic E-state index is 0.746. The van der Waals surface area contributed by atoms with Crippen molar-refractivity contribution in [3.05, 3.63) is 0 Å². The second kappa shape index (κ2) is 12.9. The molecule has 0 spiro atoms. The Morgan fingerprint density at radius 1 is 0.947 bits per heavy atom. The highest BCUT2D eigenvalue weighted by atomic mass is 16.5. The molecule has 19 heavy (non-hydrogen) atoms. The Balaban J connectivity index is 3.52. The molecule has 0 amide bonds. The molecular weight excluding hydrogens is 236 g/mol. The first kappa shape index (κ1) is 18.9. The van der Waals surface area contributed by atoms with Gasteiger partial charge >= 0.3 is 0 Å². The van der Waals surface area contributed by atoms with E-state index in [-0.39, 0.29) is 0 Å². The quantitative estimate of drug-likeness (QED) is 0.522. The molecule has 0 atom stereocenters. The summed E-state index contributed by atoms with van der Waals surface area (Å²) in [7, 11) is 0. The van der Waals surface area contributed by atoms with Crippen LogP contribution >= 0.6 is 0 Å². The van der Waals surface area contributed by atoms with Gasteiger partial charge in [0.25, 0.3) is 0 Å². The van der Waals surface area contributed by atoms with E-state index >= 15 is 0 Å². The number of hydrogen-bond acceptors (Lipinski definition) is 3. The zero-order valence-electron chi connectivity index (χ0n) is 13.9. The Kier molecular flexibility index (Phi) is 12.8. The SMILES string of the molecule is CCCCOCCNCCN(CC(C)C)CC(C)C. The van der Waals surface area contributed by atoms with Gasteiger partial charge in [0.2, 0.25) is 0 Å². The van der Waals surface area contributed by atoms with Gasteiger partial charge in [0.15, 0.2) is 0 Å². The molecule has 0 fully saturated rings. The topological polar surface area (TPSA) is 24.5 Å². The lowest BCUT2D eigenvalue weighted by atomic mass is 10.1. The van der Waals surface area contributed by atoms with Gasteiger partial charge in [0.05, 0.1) is 6.61 Å². The summed E-state index contributed by atoms with van der Waals surface area (Å²) in [5.74, 6) is 1.49. The van der Waals surface area contributed by atoms with Crippen LogP contribution in [-0.2, 0) is 4.74 Å². The van der Waals surface area contributed by atoms with Crippen LogP contribution in [-0.4, -0.2) is 50.8 Å². The maximum atomic E-state index is 5.53. The van der Waals surface area contributed by atoms with E-state index in [2.05, 4.69) is 44.8 Å². The molecule has 0 unspecified atom stereocenters. The highest BCUT2D eigenvalue weighted by Crippen LogP contribution is 2.02. The predicted octanol–water partition coefficient (Wildman–Crippen LogP) is 3.01. The maximum absolute atomic E-state index is 5.53. The number of unbranched alkanes of at least 4 members (excludes halogenated alkanes) is 1. The molecule has 0 aliphatic rings. The van der Waals surface area contributed by atoms with E-state index in [4.69, 9.17) is 4.74 Å². The molecule has 0 aromatic heterocycles. The fourth-order valence-corrected chi connectivity index (χ4v) is 2.14. The first-order valence-electron chi connectivity index (χ1n) is 8.07. The van der Waals surface area contributed by atoms with Gasteiger partial charge in [-0.1, -0.05) is 41.0 Å². The van der Waals surface area contributed by atoms with Gasteiger partial charge in [-0.15, -0.1) is 0 Å². The van der Waals surface area contributed by atoms with Gasteiger partial charge in [0, 0.05) is 39.3 Å². The molecule has 3 nitrogen and oxygen atoms in total. The summed E-state index contributed by atoms with van der Waals surface area (Å²) < 4.78 is 5.53. The Hall–Kier alpha value is -0.120. The summed E-state index contributed by atoms with van der Waals surface area (Å²) in [4.78, 5) is 2.57. The number of rotatable bonds is 13. The van der Waals surface area contributed by atoms with Crippen LogP contribution in [0.4, 0.5) is 0 Å². The highest BCUT2D eigenvalue weighted by molar-refractivity contribution is 4.64. The maximum Gasteiger partial charge on any atom is 0.0590 e. The molecule has 0 aromatic rings. The molecule has 0 bridgehead atoms. The highest BCUT2D eigenvalue weighted by Gasteiger charge is 2.08. The van der Waals surface area contributed by atoms with Crippen molar-refractivity contribution >= 4 is 0 Å². The average molecular weight is 272 g/mol. The van der Waals surface area contributed by atoms with Crippen LogP contribution < -0.4 is 5.32 Å². The molecule has 0 rings (SSSR count). The smallest absolute Gasteiger partial charge is 0.0590 e. The van der Waals surface area contributed by atoms with E-state index < -0.39 is 0 Å². The van der Waals surface area contributed by atoms with E-state index in [1.165, 1.54) is 25.9 Å². The Morgan fingerprint density at radius 3 is 2.11 bits per heavy atom. The molecule has 1 N–H and O–H groups in total. The second-order valence-electron chi connectivity index (χ2n) is 6.26. The van der Waals surface area contributed by atoms with E-state index in [0.717, 1.165) is 44.7 Å². The second-order valence-corrected chi connectivity index (χ2v) is 6.26. The normalized spacial score (nSPS) is 12.0. The fraction of sp³-hybridized carbons (Fsp3) is 1.00. The monoisotopic (exact) mass is 272 g/mol. The van der Waals surface area contributed by atoms with Crippen molar-refractivity contribution in [1.29, 1.82) is 0 Å². The standard InChI is InChI=1S/C16H36N2O/c1-6-7-11-19-12-9-17-8-10-18(13-15(2)3)14-16(4)5/h15-17H,6-14H2,1-5H3. The molecule has 0 aliphatic carbocycles. The average Bonchev–Trinajstić information content (AvgIpc) is 2.30. The number of ether oxygens (including phenoxy) is 1. The van der Waals surface area contributed by atoms with Crippen molar-refractivity contribution in [1.82, 2.24) is 10.2 Å². The van der Waals surface area contributed by atoms with Crippen molar-refractivity contribution in [2.75, 3.05) is 45.9 Å². The number of nitrogens with one attached hydrogen (secondary N) is 1. The van der Waals surface area contributed by atoms with Gasteiger partial charge in [-0.25, -0.2) is 0 Å². The van der Waals surface area contributed by atoms with Crippen LogP contribution in [0.1, 0.15) is 47.5 Å². The van der Waals surface area contributed by atoms with Crippen LogP contribution in [0.3, 0.4) is 0 Å². The Morgan fingerprint density at radius 2 is 1.58 bits per heavy atom. The van der Waals surface area contributed by atoms with E-state index in [0.29, 0.717) is 0 Å². The van der Waals surface area contributed by atoms with E-state index in [9.17, 15) is 0 Å². The van der Waals surface area contributed by atoms with Gasteiger partial charge in [-0.2, -0.15) is 0 Å². The van der Waals surface area contributed by atoms with Crippen molar-refractivity contribution in [2.24, 2.45) is 11.8 Å². The summed E-state index contributed by atoms with van der Waals surface area (Å²) in [6.07, 6.45) is 2.39. The lowest BCUT2D eigenvalue weighted by Crippen LogP contribution is -2.37. The first-order valence-corrected chi connectivity index (χ1v) is 8.07. The number of hydrogen-bond donors (Lipinski definition) is 1. The molecular formula is C16H36N2O. The largest absolute Gasteiger partial charge is 0.380 e. The van der Waals surface area contributed by atoms with Gasteiger partial charge in [-0.3, -0.25) is 0 Å². The summed E-state index contributed by atoms with van der Waals surface area (Å²) in [6.45, 7) is 18.7. The van der Waals surface area contributed by atoms with Gasteiger partial charge < -0.3 is 15.0 Å². The van der Waals surface area contributed by atoms with Crippen molar-refractivity contribution < 1.29 is 4.74 Å². The van der Waals surface area contributed by atoms with Gasteiger partial charge in [0.1, 0.15) is 0 Å². The summed E-state index contributed by atoms with van der Waals surface area (Å²) in [6, 6.07) is 0. The predicted molar refractivity (Wildman–Crippen MR) is 84.7 cm³/mol. The van der Waals surface area contributed by atoms with E-state index in [1.54, 1.807) is 0 Å². The fourth-order valence-electron chi connectivity index (χ4n) is 2.14. The Bertz CT molecular complexity index is 174. The lowest BCUT2D eigenvalue weighted by Gasteiger charge is -2.26. The van der Waals surface area contributed by atoms with Gasteiger partial charge in [-0.05, 0) is 18.3 Å². The van der Waals surface area contributed by atoms with Crippen LogP contribution in [0, 0.1) is 11.8 Å². The molecule has 0 saturated carbocycles. The zero-order valence-corrected chi connectivity index (χ0v) is 13.9. The minimum Gasteiger partial charge on any atom is -0.380 e. The third kappa shape index (κ3) is 14.1. The molecule has 0 aliphatic heterocycles. The number of nitrogens with zero attached hydrogens (tertiary/aromatic N) is 1. The van der Waals surface area contributed by atoms with E-state index in [1.807, 2.05) is 0 Å². The minimum absolute atomic E-state index is 0.746. The lowest BCUT2D eigenvalue weighted by molar-refractivity contribution is 0.131. The summed E-state index contributed by atoms with van der Waals surface area (Å²) in [5.41, 5.74) is 0. The van der Waals surface area contributed by atoms with Crippen LogP contribution in [0.25, 0.3) is 0 Å². The third-order valence-corrected chi connectivity index (χ3v) is 2.92. The molecule has 3 heteroatoms. The third-order valence-electron chi connectivity index (χ3n) is 2.92. The summed E-state index contributed by atoms with van der Waals surface area (Å²) in [5, 5.41) is 3.47. The van der Waals surface area contributed by atoms with Crippen LogP contribution in [0.15, 0.2) is 0 Å². The molecule has 116 valence electrons. The van der Waals surface area contributed by atoms with Crippen molar-refractivity contribution in [2.45, 2.75) is 47.5 Å². The van der Waals surface area contributed by atoms with Crippen LogP contribution in [0.2, 0.25) is 0 Å². The zero-order chi connectivity index (χ0) is 14.5. The first-order chi connectivity index (χ1) is 9.06. The van der Waals surface area contributed by atoms with Crippen LogP contribution in [0.5, 0.6) is 0 Å². The molecule has 0 saturated heterocycles. The molecule has 0 radical (unpaired) electrons. The van der Waals surface area contributed by atoms with Crippen molar-refractivity contribution in [3.8, 4) is 0 Å².